The first kappa shape index (κ1) is 20.2. The van der Waals surface area contributed by atoms with Crippen LogP contribution in [-0.2, 0) is 13.7 Å². The van der Waals surface area contributed by atoms with Crippen LogP contribution in [0.5, 0.6) is 11.5 Å². The van der Waals surface area contributed by atoms with Crippen LogP contribution in [0.3, 0.4) is 0 Å². The van der Waals surface area contributed by atoms with E-state index >= 15 is 0 Å². The Hall–Kier alpha value is -4.11. The van der Waals surface area contributed by atoms with Gasteiger partial charge in [0.25, 0.3) is 0 Å². The average Bonchev–Trinajstić information content (AvgIpc) is 3.13. The molecule has 0 aliphatic heterocycles. The SMILES string of the molecule is COc1cc(C=C(C#N)c2nc3ccccc3n2C)ccc1OCc1ccccc1F. The Bertz CT molecular complexity index is 1320. The van der Waals surface area contributed by atoms with E-state index in [0.717, 1.165) is 16.6 Å². The number of para-hydroxylation sites is 2. The summed E-state index contributed by atoms with van der Waals surface area (Å²) >= 11 is 0. The smallest absolute Gasteiger partial charge is 0.161 e. The van der Waals surface area contributed by atoms with Crippen LogP contribution in [0.2, 0.25) is 0 Å². The van der Waals surface area contributed by atoms with Crippen LogP contribution in [0.4, 0.5) is 4.39 Å². The van der Waals surface area contributed by atoms with Gasteiger partial charge in [-0.25, -0.2) is 9.37 Å². The van der Waals surface area contributed by atoms with Gasteiger partial charge in [-0.2, -0.15) is 5.26 Å². The van der Waals surface area contributed by atoms with Crippen molar-refractivity contribution in [3.8, 4) is 17.6 Å². The third kappa shape index (κ3) is 4.12. The van der Waals surface area contributed by atoms with E-state index < -0.39 is 0 Å². The van der Waals surface area contributed by atoms with Crippen molar-refractivity contribution in [2.45, 2.75) is 6.61 Å². The molecular weight excluding hydrogens is 393 g/mol. The first-order chi connectivity index (χ1) is 15.1. The normalized spacial score (nSPS) is 11.4. The standard InChI is InChI=1S/C25H20FN3O2/c1-29-22-10-6-5-9-21(22)28-25(29)19(15-27)13-17-11-12-23(24(14-17)30-2)31-16-18-7-3-4-8-20(18)26/h3-14H,16H2,1-2H3. The first-order valence-electron chi connectivity index (χ1n) is 9.68. The van der Waals surface area contributed by atoms with E-state index in [2.05, 4.69) is 11.1 Å². The minimum Gasteiger partial charge on any atom is -0.493 e. The van der Waals surface area contributed by atoms with Gasteiger partial charge in [-0.15, -0.1) is 0 Å². The number of aryl methyl sites for hydroxylation is 1. The maximum Gasteiger partial charge on any atom is 0.161 e. The molecule has 0 fully saturated rings. The highest BCUT2D eigenvalue weighted by Crippen LogP contribution is 2.31. The fourth-order valence-electron chi connectivity index (χ4n) is 3.36. The number of nitriles is 1. The molecule has 0 N–H and O–H groups in total. The summed E-state index contributed by atoms with van der Waals surface area (Å²) < 4.78 is 26.9. The molecule has 0 unspecified atom stereocenters. The van der Waals surface area contributed by atoms with Gasteiger partial charge in [0.05, 0.1) is 23.7 Å². The van der Waals surface area contributed by atoms with Crippen LogP contribution in [0.15, 0.2) is 66.7 Å². The predicted molar refractivity (Wildman–Crippen MR) is 118 cm³/mol. The van der Waals surface area contributed by atoms with Crippen molar-refractivity contribution in [3.63, 3.8) is 0 Å². The molecule has 6 heteroatoms. The number of fused-ring (bicyclic) bond motifs is 1. The molecule has 1 aromatic heterocycles. The molecule has 3 aromatic carbocycles. The molecule has 0 aliphatic carbocycles. The van der Waals surface area contributed by atoms with Gasteiger partial charge in [-0.05, 0) is 42.0 Å². The number of hydrogen-bond donors (Lipinski definition) is 0. The number of halogens is 1. The minimum absolute atomic E-state index is 0.0848. The van der Waals surface area contributed by atoms with Crippen LogP contribution >= 0.6 is 0 Å². The highest BCUT2D eigenvalue weighted by atomic mass is 19.1. The average molecular weight is 413 g/mol. The molecular formula is C25H20FN3O2. The van der Waals surface area contributed by atoms with Gasteiger partial charge < -0.3 is 14.0 Å². The molecule has 0 spiro atoms. The van der Waals surface area contributed by atoms with Gasteiger partial charge in [-0.1, -0.05) is 36.4 Å². The summed E-state index contributed by atoms with van der Waals surface area (Å²) in [5.74, 6) is 1.25. The van der Waals surface area contributed by atoms with E-state index in [0.29, 0.717) is 28.5 Å². The van der Waals surface area contributed by atoms with Crippen molar-refractivity contribution < 1.29 is 13.9 Å². The number of imidazole rings is 1. The molecule has 0 atom stereocenters. The Kier molecular flexibility index (Phi) is 5.67. The zero-order valence-corrected chi connectivity index (χ0v) is 17.2. The second-order valence-electron chi connectivity index (χ2n) is 6.94. The molecule has 0 radical (unpaired) electrons. The van der Waals surface area contributed by atoms with Crippen molar-refractivity contribution in [1.82, 2.24) is 9.55 Å². The van der Waals surface area contributed by atoms with Crippen molar-refractivity contribution in [2.75, 3.05) is 7.11 Å². The molecule has 0 aliphatic rings. The fraction of sp³-hybridized carbons (Fsp3) is 0.120. The molecule has 4 rings (SSSR count). The Morgan fingerprint density at radius 3 is 2.61 bits per heavy atom. The van der Waals surface area contributed by atoms with E-state index in [1.807, 2.05) is 41.9 Å². The third-order valence-electron chi connectivity index (χ3n) is 4.99. The minimum atomic E-state index is -0.317. The number of rotatable bonds is 6. The second kappa shape index (κ2) is 8.72. The lowest BCUT2D eigenvalue weighted by molar-refractivity contribution is 0.279. The van der Waals surface area contributed by atoms with E-state index in [9.17, 15) is 9.65 Å². The van der Waals surface area contributed by atoms with Crippen LogP contribution in [0, 0.1) is 17.1 Å². The Labute approximate surface area is 179 Å². The summed E-state index contributed by atoms with van der Waals surface area (Å²) in [5, 5.41) is 9.74. The Morgan fingerprint density at radius 2 is 1.87 bits per heavy atom. The molecule has 154 valence electrons. The Morgan fingerprint density at radius 1 is 1.10 bits per heavy atom. The van der Waals surface area contributed by atoms with Crippen LogP contribution in [0.1, 0.15) is 17.0 Å². The number of ether oxygens (including phenoxy) is 2. The molecule has 5 nitrogen and oxygen atoms in total. The zero-order valence-electron chi connectivity index (χ0n) is 17.2. The summed E-state index contributed by atoms with van der Waals surface area (Å²) in [6.07, 6.45) is 1.75. The highest BCUT2D eigenvalue weighted by Gasteiger charge is 2.13. The molecule has 0 amide bonds. The monoisotopic (exact) mass is 413 g/mol. The quantitative estimate of drug-likeness (QED) is 0.399. The van der Waals surface area contributed by atoms with E-state index in [4.69, 9.17) is 9.47 Å². The lowest BCUT2D eigenvalue weighted by Gasteiger charge is -2.12. The molecule has 0 saturated heterocycles. The van der Waals surface area contributed by atoms with E-state index in [1.54, 1.807) is 36.4 Å². The summed E-state index contributed by atoms with van der Waals surface area (Å²) in [5.41, 5.74) is 3.44. The van der Waals surface area contributed by atoms with E-state index in [1.165, 1.54) is 13.2 Å². The van der Waals surface area contributed by atoms with Gasteiger partial charge in [0.15, 0.2) is 17.3 Å². The van der Waals surface area contributed by atoms with Gasteiger partial charge >= 0.3 is 0 Å². The number of hydrogen-bond acceptors (Lipinski definition) is 4. The summed E-state index contributed by atoms with van der Waals surface area (Å²) in [6, 6.07) is 21.8. The van der Waals surface area contributed by atoms with Crippen LogP contribution in [-0.4, -0.2) is 16.7 Å². The number of aromatic nitrogens is 2. The summed E-state index contributed by atoms with van der Waals surface area (Å²) in [6.45, 7) is 0.0848. The van der Waals surface area contributed by atoms with Gasteiger partial charge in [0, 0.05) is 12.6 Å². The fourth-order valence-corrected chi connectivity index (χ4v) is 3.36. The second-order valence-corrected chi connectivity index (χ2v) is 6.94. The Balaban J connectivity index is 1.63. The summed E-state index contributed by atoms with van der Waals surface area (Å²) in [7, 11) is 3.42. The van der Waals surface area contributed by atoms with Gasteiger partial charge in [-0.3, -0.25) is 0 Å². The molecule has 0 saturated carbocycles. The van der Waals surface area contributed by atoms with Crippen molar-refractivity contribution in [3.05, 3.63) is 89.5 Å². The maximum atomic E-state index is 13.8. The highest BCUT2D eigenvalue weighted by molar-refractivity contribution is 5.91. The molecule has 0 bridgehead atoms. The van der Waals surface area contributed by atoms with Crippen molar-refractivity contribution in [2.24, 2.45) is 7.05 Å². The van der Waals surface area contributed by atoms with Gasteiger partial charge in [0.1, 0.15) is 18.5 Å². The zero-order chi connectivity index (χ0) is 21.8. The van der Waals surface area contributed by atoms with E-state index in [-0.39, 0.29) is 12.4 Å². The van der Waals surface area contributed by atoms with Crippen molar-refractivity contribution >= 4 is 22.7 Å². The third-order valence-corrected chi connectivity index (χ3v) is 4.99. The molecule has 4 aromatic rings. The predicted octanol–water partition coefficient (Wildman–Crippen LogP) is 5.36. The van der Waals surface area contributed by atoms with Gasteiger partial charge in [0.2, 0.25) is 0 Å². The lowest BCUT2D eigenvalue weighted by atomic mass is 10.1. The topological polar surface area (TPSA) is 60.1 Å². The van der Waals surface area contributed by atoms with Crippen LogP contribution < -0.4 is 9.47 Å². The number of nitrogens with zero attached hydrogens (tertiary/aromatic N) is 3. The lowest BCUT2D eigenvalue weighted by Crippen LogP contribution is -2.00. The van der Waals surface area contributed by atoms with Crippen molar-refractivity contribution in [1.29, 1.82) is 5.26 Å². The summed E-state index contributed by atoms with van der Waals surface area (Å²) in [4.78, 5) is 4.59. The largest absolute Gasteiger partial charge is 0.493 e. The molecule has 31 heavy (non-hydrogen) atoms. The first-order valence-corrected chi connectivity index (χ1v) is 9.68. The maximum absolute atomic E-state index is 13.8. The number of benzene rings is 3. The van der Waals surface area contributed by atoms with Crippen LogP contribution in [0.25, 0.3) is 22.7 Å². The molecule has 1 heterocycles. The number of methoxy groups -OCH3 is 1. The number of allylic oxidation sites excluding steroid dienone is 1.